The molecule has 0 rings (SSSR count). The Balaban J connectivity index is 6.31. The highest BCUT2D eigenvalue weighted by Gasteiger charge is 2.80. The molecule has 0 amide bonds. The fourth-order valence-corrected chi connectivity index (χ4v) is 4.22. The van der Waals surface area contributed by atoms with Gasteiger partial charge in [-0.25, -0.2) is 39.5 Å². The minimum atomic E-state index is -6.87. The third kappa shape index (κ3) is 3.48. The van der Waals surface area contributed by atoms with E-state index in [1.807, 2.05) is 0 Å². The normalized spacial score (nSPS) is 15.4. The van der Waals surface area contributed by atoms with E-state index in [1.54, 1.807) is 0 Å². The molecule has 0 aliphatic carbocycles. The molecule has 0 aromatic carbocycles. The van der Waals surface area contributed by atoms with Crippen molar-refractivity contribution in [3.05, 3.63) is 0 Å². The van der Waals surface area contributed by atoms with Crippen LogP contribution in [-0.2, 0) is 13.3 Å². The van der Waals surface area contributed by atoms with E-state index >= 15 is 0 Å². The van der Waals surface area contributed by atoms with Gasteiger partial charge in [0.15, 0.2) is 0 Å². The summed E-state index contributed by atoms with van der Waals surface area (Å²) in [5, 5.41) is 0. The second-order valence-electron chi connectivity index (χ2n) is 4.17. The van der Waals surface area contributed by atoms with Crippen molar-refractivity contribution in [1.29, 1.82) is 0 Å². The average molecular weight is 353 g/mol. The summed E-state index contributed by atoms with van der Waals surface area (Å²) < 4.78 is 128. The van der Waals surface area contributed by atoms with Crippen LogP contribution in [0.4, 0.5) is 39.5 Å². The molecule has 0 saturated carbocycles. The van der Waals surface area contributed by atoms with Gasteiger partial charge in [0.05, 0.1) is 0 Å². The van der Waals surface area contributed by atoms with Crippen LogP contribution in [0.15, 0.2) is 0 Å². The molecule has 14 heteroatoms. The van der Waals surface area contributed by atoms with E-state index in [9.17, 15) is 39.5 Å². The van der Waals surface area contributed by atoms with Crippen LogP contribution >= 0.6 is 0 Å². The Morgan fingerprint density at radius 2 is 0.905 bits per heavy atom. The number of hydrogen-bond donors (Lipinski definition) is 0. The van der Waals surface area contributed by atoms with E-state index in [2.05, 4.69) is 13.3 Å². The Bertz CT molecular complexity index is 304. The molecule has 0 N–H and O–H groups in total. The van der Waals surface area contributed by atoms with Crippen molar-refractivity contribution < 1.29 is 52.8 Å². The van der Waals surface area contributed by atoms with E-state index in [1.165, 1.54) is 0 Å². The van der Waals surface area contributed by atoms with Crippen molar-refractivity contribution in [2.45, 2.75) is 24.2 Å². The zero-order valence-electron chi connectivity index (χ0n) is 10.9. The summed E-state index contributed by atoms with van der Waals surface area (Å²) >= 11 is 0. The molecule has 0 fully saturated rings. The van der Waals surface area contributed by atoms with Crippen LogP contribution in [0.25, 0.3) is 0 Å². The quantitative estimate of drug-likeness (QED) is 0.562. The number of rotatable bonds is 5. The lowest BCUT2D eigenvalue weighted by Gasteiger charge is -2.46. The molecule has 0 bridgehead atoms. The fraction of sp³-hybridized carbons (Fsp3) is 1.00. The van der Waals surface area contributed by atoms with Gasteiger partial charge < -0.3 is 13.3 Å². The minimum Gasteiger partial charge on any atom is -0.379 e. The molecule has 0 spiro atoms. The number of alkyl halides is 9. The third-order valence-corrected chi connectivity index (χ3v) is 6.14. The van der Waals surface area contributed by atoms with Crippen LogP contribution in [0.1, 0.15) is 0 Å². The number of hydrogen-bond acceptors (Lipinski definition) is 3. The summed E-state index contributed by atoms with van der Waals surface area (Å²) in [5.74, 6) is -2.51. The van der Waals surface area contributed by atoms with Crippen LogP contribution in [0, 0.1) is 0 Å². The fourth-order valence-electron chi connectivity index (χ4n) is 1.78. The molecular weight excluding hydrogens is 342 g/mol. The molecular formula is C7H11BF9O3Si-. The van der Waals surface area contributed by atoms with E-state index < -0.39 is 39.1 Å². The molecule has 0 radical (unpaired) electrons. The molecule has 0 heterocycles. The maximum absolute atomic E-state index is 12.7. The van der Waals surface area contributed by atoms with Gasteiger partial charge in [-0.3, -0.25) is 0 Å². The van der Waals surface area contributed by atoms with Crippen LogP contribution in [0.5, 0.6) is 0 Å². The lowest BCUT2D eigenvalue weighted by atomic mass is 9.23. The summed E-state index contributed by atoms with van der Waals surface area (Å²) in [6.45, 7) is 0. The largest absolute Gasteiger partial charge is 0.464 e. The Morgan fingerprint density at radius 3 is 1.05 bits per heavy atom. The van der Waals surface area contributed by atoms with Crippen molar-refractivity contribution in [3.63, 3.8) is 0 Å². The van der Waals surface area contributed by atoms with Gasteiger partial charge in [-0.1, -0.05) is 5.94 Å². The topological polar surface area (TPSA) is 27.7 Å². The van der Waals surface area contributed by atoms with Crippen molar-refractivity contribution in [2.75, 3.05) is 21.3 Å². The van der Waals surface area contributed by atoms with E-state index in [0.29, 0.717) is 21.3 Å². The molecule has 128 valence electrons. The first kappa shape index (κ1) is 20.5. The van der Waals surface area contributed by atoms with Crippen molar-refractivity contribution in [2.24, 2.45) is 0 Å². The van der Waals surface area contributed by atoms with Gasteiger partial charge >= 0.3 is 15.0 Å². The smallest absolute Gasteiger partial charge is 0.379 e. The second kappa shape index (κ2) is 5.97. The predicted octanol–water partition coefficient (Wildman–Crippen LogP) is 3.16. The molecule has 3 nitrogen and oxygen atoms in total. The molecule has 0 aromatic rings. The average Bonchev–Trinajstić information content (AvgIpc) is 2.26. The molecule has 0 aliphatic heterocycles. The van der Waals surface area contributed by atoms with Crippen LogP contribution in [0.2, 0.25) is 5.94 Å². The highest BCUT2D eigenvalue weighted by atomic mass is 28.4. The van der Waals surface area contributed by atoms with Gasteiger partial charge in [0.1, 0.15) is 0 Å². The molecule has 0 unspecified atom stereocenters. The van der Waals surface area contributed by atoms with Crippen molar-refractivity contribution in [3.8, 4) is 0 Å². The van der Waals surface area contributed by atoms with E-state index in [4.69, 9.17) is 0 Å². The first-order chi connectivity index (χ1) is 9.14. The molecule has 0 saturated heterocycles. The van der Waals surface area contributed by atoms with Crippen molar-refractivity contribution in [1.82, 2.24) is 0 Å². The lowest BCUT2D eigenvalue weighted by Crippen LogP contribution is -2.75. The molecule has 0 aromatic heterocycles. The third-order valence-electron chi connectivity index (χ3n) is 3.17. The summed E-state index contributed by atoms with van der Waals surface area (Å²) in [4.78, 5) is 0. The first-order valence-corrected chi connectivity index (χ1v) is 7.10. The summed E-state index contributed by atoms with van der Waals surface area (Å²) in [6.07, 6.45) is -26.7. The summed E-state index contributed by atoms with van der Waals surface area (Å²) in [6, 6.07) is 0. The second-order valence-corrected chi connectivity index (χ2v) is 7.17. The van der Waals surface area contributed by atoms with Gasteiger partial charge in [0, 0.05) is 21.3 Å². The van der Waals surface area contributed by atoms with Gasteiger partial charge in [-0.05, 0) is 0 Å². The highest BCUT2D eigenvalue weighted by molar-refractivity contribution is 6.94. The maximum Gasteiger partial charge on any atom is 0.464 e. The molecule has 0 atom stereocenters. The Morgan fingerprint density at radius 1 is 0.667 bits per heavy atom. The van der Waals surface area contributed by atoms with Crippen LogP contribution in [-0.4, -0.2) is 54.5 Å². The van der Waals surface area contributed by atoms with Gasteiger partial charge in [0.2, 0.25) is 0 Å². The molecule has 0 aliphatic rings. The zero-order chi connectivity index (χ0) is 17.3. The number of halogens is 9. The van der Waals surface area contributed by atoms with Crippen LogP contribution in [0.3, 0.4) is 0 Å². The molecule has 21 heavy (non-hydrogen) atoms. The van der Waals surface area contributed by atoms with Gasteiger partial charge in [-0.2, -0.15) is 0 Å². The zero-order valence-corrected chi connectivity index (χ0v) is 11.9. The Kier molecular flexibility index (Phi) is 5.83. The highest BCUT2D eigenvalue weighted by Crippen LogP contribution is 2.53. The summed E-state index contributed by atoms with van der Waals surface area (Å²) in [7, 11) is -2.97. The predicted molar refractivity (Wildman–Crippen MR) is 55.5 cm³/mol. The lowest BCUT2D eigenvalue weighted by molar-refractivity contribution is -0.164. The standard InChI is InChI=1S/C7H11BF9O3Si/c1-18-21(19-2,20-3)4-8(5(9,10)11,6(12,13)14)7(15,16)17/h4H2,1-3H3/q-1. The first-order valence-electron chi connectivity index (χ1n) is 5.17. The van der Waals surface area contributed by atoms with Crippen LogP contribution < -0.4 is 0 Å². The van der Waals surface area contributed by atoms with Gasteiger partial charge in [-0.15, -0.1) is 0 Å². The Labute approximate surface area is 114 Å². The monoisotopic (exact) mass is 353 g/mol. The van der Waals surface area contributed by atoms with E-state index in [0.717, 1.165) is 0 Å². The summed E-state index contributed by atoms with van der Waals surface area (Å²) in [5.41, 5.74) is 0. The SMILES string of the molecule is CO[Si](C[B-](C(F)(F)F)(C(F)(F)F)C(F)(F)F)(OC)OC. The van der Waals surface area contributed by atoms with Crippen molar-refractivity contribution >= 4 is 15.0 Å². The minimum absolute atomic E-state index is 0.614. The Hall–Kier alpha value is -0.468. The van der Waals surface area contributed by atoms with Gasteiger partial charge in [0.25, 0.3) is 18.2 Å². The van der Waals surface area contributed by atoms with E-state index in [-0.39, 0.29) is 0 Å². The maximum atomic E-state index is 12.7.